The molecule has 0 aromatic heterocycles. The van der Waals surface area contributed by atoms with Gasteiger partial charge in [0.2, 0.25) is 23.6 Å². The van der Waals surface area contributed by atoms with Crippen molar-refractivity contribution < 1.29 is 24.4 Å². The number of amides is 4. The fourth-order valence-corrected chi connectivity index (χ4v) is 3.95. The standard InChI is InChI=1S/C26H37N5O5/c1-16(2)12-21(15-23(32)31-36)25(34)30-22(26(35)29-17(3)24(33)28-11-10-27)14-18-8-9-19-6-4-5-7-20(19)13-18/h4-9,13,16-17,21-22,36H,10-12,14-15,27H2,1-3H3,(H,28,33)(H,29,35)(H,30,34)(H,31,32)/t17-,21-,22-/m1/s1. The van der Waals surface area contributed by atoms with Gasteiger partial charge < -0.3 is 21.7 Å². The summed E-state index contributed by atoms with van der Waals surface area (Å²) >= 11 is 0. The second-order valence-electron chi connectivity index (χ2n) is 9.32. The van der Waals surface area contributed by atoms with Crippen LogP contribution in [0.1, 0.15) is 39.2 Å². The van der Waals surface area contributed by atoms with Crippen LogP contribution in [0, 0.1) is 11.8 Å². The number of rotatable bonds is 13. The molecule has 0 saturated carbocycles. The maximum Gasteiger partial charge on any atom is 0.244 e. The molecule has 10 heteroatoms. The van der Waals surface area contributed by atoms with Crippen LogP contribution in [0.2, 0.25) is 0 Å². The predicted molar refractivity (Wildman–Crippen MR) is 137 cm³/mol. The minimum absolute atomic E-state index is 0.103. The van der Waals surface area contributed by atoms with Gasteiger partial charge in [0, 0.05) is 31.8 Å². The first-order valence-electron chi connectivity index (χ1n) is 12.1. The van der Waals surface area contributed by atoms with Gasteiger partial charge in [-0.3, -0.25) is 24.4 Å². The Labute approximate surface area is 211 Å². The normalized spacial score (nSPS) is 13.5. The first kappa shape index (κ1) is 28.7. The van der Waals surface area contributed by atoms with E-state index in [0.29, 0.717) is 6.42 Å². The Morgan fingerprint density at radius 2 is 1.61 bits per heavy atom. The van der Waals surface area contributed by atoms with Crippen molar-refractivity contribution in [2.75, 3.05) is 13.1 Å². The van der Waals surface area contributed by atoms with Gasteiger partial charge in [-0.1, -0.05) is 56.3 Å². The Bertz CT molecular complexity index is 1060. The van der Waals surface area contributed by atoms with Gasteiger partial charge in [-0.2, -0.15) is 0 Å². The van der Waals surface area contributed by atoms with Crippen LogP contribution in [0.3, 0.4) is 0 Å². The molecule has 0 heterocycles. The third kappa shape index (κ3) is 8.94. The van der Waals surface area contributed by atoms with Gasteiger partial charge in [-0.15, -0.1) is 0 Å². The van der Waals surface area contributed by atoms with Gasteiger partial charge in [0.1, 0.15) is 12.1 Å². The number of nitrogens with two attached hydrogens (primary N) is 1. The zero-order valence-electron chi connectivity index (χ0n) is 21.0. The molecular weight excluding hydrogens is 462 g/mol. The summed E-state index contributed by atoms with van der Waals surface area (Å²) in [6, 6.07) is 11.7. The zero-order chi connectivity index (χ0) is 26.7. The first-order valence-corrected chi connectivity index (χ1v) is 12.1. The summed E-state index contributed by atoms with van der Waals surface area (Å²) < 4.78 is 0. The highest BCUT2D eigenvalue weighted by Gasteiger charge is 2.29. The molecule has 196 valence electrons. The molecule has 2 rings (SSSR count). The molecule has 4 amide bonds. The van der Waals surface area contributed by atoms with E-state index in [9.17, 15) is 19.2 Å². The number of benzene rings is 2. The quantitative estimate of drug-likeness (QED) is 0.178. The number of fused-ring (bicyclic) bond motifs is 1. The van der Waals surface area contributed by atoms with Crippen molar-refractivity contribution in [1.29, 1.82) is 0 Å². The van der Waals surface area contributed by atoms with Crippen LogP contribution in [0.15, 0.2) is 42.5 Å². The predicted octanol–water partition coefficient (Wildman–Crippen LogP) is 1.00. The third-order valence-corrected chi connectivity index (χ3v) is 5.77. The lowest BCUT2D eigenvalue weighted by Crippen LogP contribution is -2.54. The zero-order valence-corrected chi connectivity index (χ0v) is 21.0. The molecule has 0 spiro atoms. The molecule has 0 aliphatic rings. The van der Waals surface area contributed by atoms with E-state index >= 15 is 0 Å². The molecule has 0 saturated heterocycles. The number of nitrogens with one attached hydrogen (secondary N) is 4. The topological polar surface area (TPSA) is 163 Å². The third-order valence-electron chi connectivity index (χ3n) is 5.77. The van der Waals surface area contributed by atoms with E-state index in [0.717, 1.165) is 16.3 Å². The van der Waals surface area contributed by atoms with Crippen LogP contribution in [0.5, 0.6) is 0 Å². The second kappa shape index (κ2) is 14.2. The largest absolute Gasteiger partial charge is 0.353 e. The summed E-state index contributed by atoms with van der Waals surface area (Å²) in [6.45, 7) is 5.92. The molecule has 2 aromatic carbocycles. The van der Waals surface area contributed by atoms with Crippen LogP contribution in [-0.2, 0) is 25.6 Å². The Morgan fingerprint density at radius 1 is 0.917 bits per heavy atom. The fourth-order valence-electron chi connectivity index (χ4n) is 3.95. The van der Waals surface area contributed by atoms with Crippen molar-refractivity contribution in [3.05, 3.63) is 48.0 Å². The van der Waals surface area contributed by atoms with Crippen molar-refractivity contribution >= 4 is 34.4 Å². The minimum atomic E-state index is -0.990. The molecule has 7 N–H and O–H groups in total. The molecule has 2 aromatic rings. The maximum absolute atomic E-state index is 13.2. The van der Waals surface area contributed by atoms with Gasteiger partial charge in [0.05, 0.1) is 0 Å². The number of hydrogen-bond donors (Lipinski definition) is 6. The summed E-state index contributed by atoms with van der Waals surface area (Å²) in [5, 5.41) is 19.0. The Balaban J connectivity index is 2.26. The molecule has 0 aliphatic heterocycles. The highest BCUT2D eigenvalue weighted by atomic mass is 16.5. The molecule has 0 bridgehead atoms. The fraction of sp³-hybridized carbons (Fsp3) is 0.462. The van der Waals surface area contributed by atoms with Gasteiger partial charge in [0.15, 0.2) is 0 Å². The molecular formula is C26H37N5O5. The average molecular weight is 500 g/mol. The van der Waals surface area contributed by atoms with E-state index in [1.54, 1.807) is 12.4 Å². The number of carbonyl (C=O) groups is 4. The van der Waals surface area contributed by atoms with E-state index in [4.69, 9.17) is 10.9 Å². The highest BCUT2D eigenvalue weighted by Crippen LogP contribution is 2.19. The van der Waals surface area contributed by atoms with Crippen LogP contribution < -0.4 is 27.2 Å². The summed E-state index contributed by atoms with van der Waals surface area (Å²) in [5.74, 6) is -2.71. The smallest absolute Gasteiger partial charge is 0.244 e. The summed E-state index contributed by atoms with van der Waals surface area (Å²) in [6.07, 6.45) is 0.352. The lowest BCUT2D eigenvalue weighted by atomic mass is 9.92. The Morgan fingerprint density at radius 3 is 2.25 bits per heavy atom. The summed E-state index contributed by atoms with van der Waals surface area (Å²) in [5.41, 5.74) is 7.80. The molecule has 0 fully saturated rings. The maximum atomic E-state index is 13.2. The SMILES string of the molecule is CC(C)C[C@H](CC(=O)NO)C(=O)N[C@H](Cc1ccc2ccccc2c1)C(=O)N[C@H](C)C(=O)NCCN. The van der Waals surface area contributed by atoms with E-state index < -0.39 is 35.7 Å². The van der Waals surface area contributed by atoms with Crippen LogP contribution in [0.25, 0.3) is 10.8 Å². The van der Waals surface area contributed by atoms with Crippen molar-refractivity contribution in [3.63, 3.8) is 0 Å². The number of hydroxylamine groups is 1. The molecule has 0 radical (unpaired) electrons. The van der Waals surface area contributed by atoms with Gasteiger partial charge >= 0.3 is 0 Å². The van der Waals surface area contributed by atoms with Crippen molar-refractivity contribution in [3.8, 4) is 0 Å². The van der Waals surface area contributed by atoms with Crippen molar-refractivity contribution in [1.82, 2.24) is 21.4 Å². The monoisotopic (exact) mass is 499 g/mol. The number of carbonyl (C=O) groups excluding carboxylic acids is 4. The first-order chi connectivity index (χ1) is 17.1. The van der Waals surface area contributed by atoms with Crippen molar-refractivity contribution in [2.45, 2.75) is 52.1 Å². The van der Waals surface area contributed by atoms with Gasteiger partial charge in [-0.05, 0) is 35.6 Å². The summed E-state index contributed by atoms with van der Waals surface area (Å²) in [7, 11) is 0. The van der Waals surface area contributed by atoms with Crippen molar-refractivity contribution in [2.24, 2.45) is 17.6 Å². The van der Waals surface area contributed by atoms with E-state index in [-0.39, 0.29) is 37.8 Å². The molecule has 3 atom stereocenters. The summed E-state index contributed by atoms with van der Waals surface area (Å²) in [4.78, 5) is 50.4. The molecule has 10 nitrogen and oxygen atoms in total. The minimum Gasteiger partial charge on any atom is -0.353 e. The van der Waals surface area contributed by atoms with Crippen LogP contribution >= 0.6 is 0 Å². The van der Waals surface area contributed by atoms with E-state index in [1.165, 1.54) is 0 Å². The molecule has 36 heavy (non-hydrogen) atoms. The van der Waals surface area contributed by atoms with Gasteiger partial charge in [-0.25, -0.2) is 5.48 Å². The van der Waals surface area contributed by atoms with E-state index in [2.05, 4.69) is 16.0 Å². The second-order valence-corrected chi connectivity index (χ2v) is 9.32. The lowest BCUT2D eigenvalue weighted by Gasteiger charge is -2.24. The molecule has 0 unspecified atom stereocenters. The van der Waals surface area contributed by atoms with Crippen LogP contribution in [-0.4, -0.2) is 54.0 Å². The Kier molecular flexibility index (Phi) is 11.3. The van der Waals surface area contributed by atoms with Crippen LogP contribution in [0.4, 0.5) is 0 Å². The molecule has 0 aliphatic carbocycles. The Hall–Kier alpha value is -3.50. The highest BCUT2D eigenvalue weighted by molar-refractivity contribution is 5.93. The average Bonchev–Trinajstić information content (AvgIpc) is 2.85. The van der Waals surface area contributed by atoms with E-state index in [1.807, 2.05) is 56.3 Å². The lowest BCUT2D eigenvalue weighted by molar-refractivity contribution is -0.137. The van der Waals surface area contributed by atoms with Gasteiger partial charge in [0.25, 0.3) is 0 Å². The number of hydrogen-bond acceptors (Lipinski definition) is 6.